The molecule has 1 aromatic heterocycles. The fourth-order valence-corrected chi connectivity index (χ4v) is 4.40. The summed E-state index contributed by atoms with van der Waals surface area (Å²) >= 11 is 0. The number of ether oxygens (including phenoxy) is 1. The van der Waals surface area contributed by atoms with Crippen LogP contribution in [0.25, 0.3) is 38.4 Å². The molecule has 34 heavy (non-hydrogen) atoms. The summed E-state index contributed by atoms with van der Waals surface area (Å²) < 4.78 is 11.9. The summed E-state index contributed by atoms with van der Waals surface area (Å²) in [5.74, 6) is 0.649. The molecular weight excluding hydrogens is 422 g/mol. The first-order valence-electron chi connectivity index (χ1n) is 12.2. The molecule has 0 aliphatic heterocycles. The minimum atomic E-state index is -0.0713. The lowest BCUT2D eigenvalue weighted by Gasteiger charge is -2.12. The second kappa shape index (κ2) is 11.1. The summed E-state index contributed by atoms with van der Waals surface area (Å²) in [5, 5.41) is 6.38. The van der Waals surface area contributed by atoms with Gasteiger partial charge in [-0.05, 0) is 48.2 Å². The van der Waals surface area contributed by atoms with E-state index in [2.05, 4.69) is 60.8 Å². The Morgan fingerprint density at radius 3 is 2.62 bits per heavy atom. The van der Waals surface area contributed by atoms with Gasteiger partial charge in [-0.3, -0.25) is 4.79 Å². The number of hydrogen-bond acceptors (Lipinski definition) is 3. The molecule has 1 N–H and O–H groups in total. The molecule has 0 aliphatic rings. The van der Waals surface area contributed by atoms with Crippen molar-refractivity contribution in [3.05, 3.63) is 72.5 Å². The zero-order valence-electron chi connectivity index (χ0n) is 20.3. The molecule has 3 aromatic carbocycles. The normalized spacial score (nSPS) is 11.8. The van der Waals surface area contributed by atoms with Crippen LogP contribution in [0.5, 0.6) is 5.75 Å². The molecule has 4 rings (SSSR count). The second-order valence-electron chi connectivity index (χ2n) is 8.63. The number of hydrogen-bond donors (Lipinski definition) is 1. The molecule has 4 nitrogen and oxygen atoms in total. The van der Waals surface area contributed by atoms with Gasteiger partial charge in [-0.25, -0.2) is 0 Å². The van der Waals surface area contributed by atoms with E-state index in [-0.39, 0.29) is 5.91 Å². The molecule has 1 heterocycles. The Bertz CT molecular complexity index is 1310. The predicted molar refractivity (Wildman–Crippen MR) is 141 cm³/mol. The van der Waals surface area contributed by atoms with Gasteiger partial charge in [0.05, 0.1) is 12.9 Å². The molecule has 176 valence electrons. The number of unbranched alkanes of at least 4 members (excludes halogenated alkanes) is 3. The van der Waals surface area contributed by atoms with Gasteiger partial charge in [0.2, 0.25) is 5.91 Å². The average Bonchev–Trinajstić information content (AvgIpc) is 3.26. The van der Waals surface area contributed by atoms with Crippen LogP contribution in [-0.2, 0) is 4.79 Å². The maximum atomic E-state index is 12.5. The first-order chi connectivity index (χ1) is 16.6. The van der Waals surface area contributed by atoms with Gasteiger partial charge in [0.25, 0.3) is 0 Å². The lowest BCUT2D eigenvalue weighted by atomic mass is 9.96. The highest BCUT2D eigenvalue weighted by atomic mass is 16.5. The highest BCUT2D eigenvalue weighted by molar-refractivity contribution is 6.06. The lowest BCUT2D eigenvalue weighted by Crippen LogP contribution is -2.22. The van der Waals surface area contributed by atoms with E-state index in [4.69, 9.17) is 9.15 Å². The highest BCUT2D eigenvalue weighted by Crippen LogP contribution is 2.39. The number of allylic oxidation sites excluding steroid dienone is 1. The van der Waals surface area contributed by atoms with Gasteiger partial charge in [-0.2, -0.15) is 0 Å². The Morgan fingerprint density at radius 2 is 1.79 bits per heavy atom. The van der Waals surface area contributed by atoms with E-state index in [9.17, 15) is 4.79 Å². The third kappa shape index (κ3) is 5.17. The van der Waals surface area contributed by atoms with Gasteiger partial charge < -0.3 is 14.5 Å². The number of carbonyl (C=O) groups is 1. The van der Waals surface area contributed by atoms with E-state index >= 15 is 0 Å². The van der Waals surface area contributed by atoms with Crippen molar-refractivity contribution in [1.29, 1.82) is 0 Å². The zero-order valence-corrected chi connectivity index (χ0v) is 20.3. The van der Waals surface area contributed by atoms with Crippen LogP contribution in [0.1, 0.15) is 52.0 Å². The SMILES string of the molecule is CCCCCCNC(=O)/C=C(\C)c1cc2c(-c3cccc4ccccc34)coc2cc1OCC. The Kier molecular flexibility index (Phi) is 7.69. The molecule has 0 saturated carbocycles. The molecule has 4 aromatic rings. The molecule has 0 fully saturated rings. The summed E-state index contributed by atoms with van der Waals surface area (Å²) in [7, 11) is 0. The largest absolute Gasteiger partial charge is 0.493 e. The second-order valence-corrected chi connectivity index (χ2v) is 8.63. The van der Waals surface area contributed by atoms with Crippen LogP contribution in [0, 0.1) is 0 Å². The van der Waals surface area contributed by atoms with Crippen LogP contribution >= 0.6 is 0 Å². The van der Waals surface area contributed by atoms with Gasteiger partial charge >= 0.3 is 0 Å². The maximum absolute atomic E-state index is 12.5. The highest BCUT2D eigenvalue weighted by Gasteiger charge is 2.16. The predicted octanol–water partition coefficient (Wildman–Crippen LogP) is 7.75. The first kappa shape index (κ1) is 23.6. The topological polar surface area (TPSA) is 51.5 Å². The van der Waals surface area contributed by atoms with Crippen LogP contribution in [0.2, 0.25) is 0 Å². The lowest BCUT2D eigenvalue weighted by molar-refractivity contribution is -0.116. The molecule has 0 radical (unpaired) electrons. The standard InChI is InChI=1S/C30H33NO3/c1-4-6-7-10-16-31-30(32)17-21(3)25-18-26-27(20-34-29(26)19-28(25)33-5-2)24-15-11-13-22-12-8-9-14-23(22)24/h8-9,11-15,17-20H,4-7,10,16H2,1-3H3,(H,31,32)/b21-17+. The van der Waals surface area contributed by atoms with Crippen molar-refractivity contribution in [3.8, 4) is 16.9 Å². The first-order valence-corrected chi connectivity index (χ1v) is 12.2. The molecule has 0 unspecified atom stereocenters. The van der Waals surface area contributed by atoms with E-state index in [1.54, 1.807) is 6.08 Å². The number of carbonyl (C=O) groups excluding carboxylic acids is 1. The summed E-state index contributed by atoms with van der Waals surface area (Å²) in [6, 6.07) is 18.7. The summed E-state index contributed by atoms with van der Waals surface area (Å²) in [6.07, 6.45) is 8.01. The number of benzene rings is 3. The summed E-state index contributed by atoms with van der Waals surface area (Å²) in [5.41, 5.74) is 4.69. The molecule has 0 spiro atoms. The van der Waals surface area contributed by atoms with Crippen molar-refractivity contribution in [2.75, 3.05) is 13.2 Å². The fourth-order valence-electron chi connectivity index (χ4n) is 4.40. The van der Waals surface area contributed by atoms with Crippen molar-refractivity contribution in [3.63, 3.8) is 0 Å². The summed E-state index contributed by atoms with van der Waals surface area (Å²) in [6.45, 7) is 7.33. The summed E-state index contributed by atoms with van der Waals surface area (Å²) in [4.78, 5) is 12.5. The molecule has 4 heteroatoms. The monoisotopic (exact) mass is 455 g/mol. The Balaban J connectivity index is 1.70. The van der Waals surface area contributed by atoms with E-state index in [0.717, 1.165) is 51.8 Å². The molecule has 0 atom stereocenters. The Hall–Kier alpha value is -3.53. The zero-order chi connectivity index (χ0) is 23.9. The van der Waals surface area contributed by atoms with E-state index in [1.807, 2.05) is 26.2 Å². The van der Waals surface area contributed by atoms with Gasteiger partial charge in [0.15, 0.2) is 0 Å². The van der Waals surface area contributed by atoms with Crippen molar-refractivity contribution < 1.29 is 13.9 Å². The van der Waals surface area contributed by atoms with Crippen molar-refractivity contribution in [1.82, 2.24) is 5.32 Å². The van der Waals surface area contributed by atoms with Gasteiger partial charge in [-0.1, -0.05) is 68.7 Å². The van der Waals surface area contributed by atoms with Crippen molar-refractivity contribution in [2.45, 2.75) is 46.5 Å². The number of furan rings is 1. The number of fused-ring (bicyclic) bond motifs is 2. The minimum absolute atomic E-state index is 0.0713. The quantitative estimate of drug-likeness (QED) is 0.196. The maximum Gasteiger partial charge on any atom is 0.244 e. The number of rotatable bonds is 10. The van der Waals surface area contributed by atoms with E-state index in [1.165, 1.54) is 23.6 Å². The molecular formula is C30H33NO3. The Labute approximate surface area is 201 Å². The van der Waals surface area contributed by atoms with Crippen LogP contribution in [0.15, 0.2) is 71.4 Å². The van der Waals surface area contributed by atoms with E-state index < -0.39 is 0 Å². The van der Waals surface area contributed by atoms with Crippen LogP contribution in [-0.4, -0.2) is 19.1 Å². The average molecular weight is 456 g/mol. The third-order valence-corrected chi connectivity index (χ3v) is 6.16. The van der Waals surface area contributed by atoms with Crippen LogP contribution < -0.4 is 10.1 Å². The third-order valence-electron chi connectivity index (χ3n) is 6.16. The molecule has 0 aliphatic carbocycles. The molecule has 0 bridgehead atoms. The van der Waals surface area contributed by atoms with Crippen LogP contribution in [0.4, 0.5) is 0 Å². The number of amides is 1. The van der Waals surface area contributed by atoms with Crippen molar-refractivity contribution >= 4 is 33.2 Å². The van der Waals surface area contributed by atoms with E-state index in [0.29, 0.717) is 13.2 Å². The van der Waals surface area contributed by atoms with Gasteiger partial charge in [0, 0.05) is 35.2 Å². The smallest absolute Gasteiger partial charge is 0.244 e. The minimum Gasteiger partial charge on any atom is -0.493 e. The fraction of sp³-hybridized carbons (Fsp3) is 0.300. The Morgan fingerprint density at radius 1 is 0.971 bits per heavy atom. The number of nitrogens with one attached hydrogen (secondary N) is 1. The van der Waals surface area contributed by atoms with Gasteiger partial charge in [0.1, 0.15) is 11.3 Å². The molecule has 0 saturated heterocycles. The van der Waals surface area contributed by atoms with Gasteiger partial charge in [-0.15, -0.1) is 0 Å². The van der Waals surface area contributed by atoms with Crippen LogP contribution in [0.3, 0.4) is 0 Å². The molecule has 1 amide bonds. The van der Waals surface area contributed by atoms with Crippen molar-refractivity contribution in [2.24, 2.45) is 0 Å².